The van der Waals surface area contributed by atoms with Crippen LogP contribution in [0.1, 0.15) is 45.4 Å². The Morgan fingerprint density at radius 3 is 2.65 bits per heavy atom. The summed E-state index contributed by atoms with van der Waals surface area (Å²) in [5, 5.41) is 2.48. The normalized spacial score (nSPS) is 29.4. The smallest absolute Gasteiger partial charge is 0.407 e. The maximum atomic E-state index is 12.9. The van der Waals surface area contributed by atoms with Crippen molar-refractivity contribution in [1.29, 1.82) is 0 Å². The number of likely N-dealkylation sites (N-methyl/N-ethyl adjacent to an activating group) is 1. The quantitative estimate of drug-likeness (QED) is 0.733. The number of alkyl carbamates (subject to hydrolysis) is 1. The summed E-state index contributed by atoms with van der Waals surface area (Å²) in [6.07, 6.45) is 8.12. The fourth-order valence-corrected chi connectivity index (χ4v) is 3.74. The molecule has 1 amide bonds. The molecule has 148 valence electrons. The third-order valence-electron chi connectivity index (χ3n) is 5.80. The minimum Gasteiger partial charge on any atom is -0.442 e. The molecular formula is C20H35N3O3. The largest absolute Gasteiger partial charge is 0.442 e. The van der Waals surface area contributed by atoms with Crippen LogP contribution < -0.4 is 5.32 Å². The van der Waals surface area contributed by atoms with Crippen molar-refractivity contribution in [3.8, 4) is 0 Å². The lowest BCUT2D eigenvalue weighted by atomic mass is 9.74. The van der Waals surface area contributed by atoms with Gasteiger partial charge in [-0.25, -0.2) is 4.79 Å². The SMILES string of the molecule is CNC(=O)O[C@@H]1/C=C/CC[C@](C)(C(=O)CCCN2CCN(C)CC2)CC1. The van der Waals surface area contributed by atoms with Gasteiger partial charge < -0.3 is 19.9 Å². The molecule has 1 aliphatic heterocycles. The van der Waals surface area contributed by atoms with Gasteiger partial charge in [0.15, 0.2) is 0 Å². The molecule has 26 heavy (non-hydrogen) atoms. The second-order valence-corrected chi connectivity index (χ2v) is 7.93. The number of Topliss-reactive ketones (excluding diaryl/α,β-unsaturated/α-hetero) is 1. The minimum absolute atomic E-state index is 0.243. The number of ether oxygens (including phenoxy) is 1. The Morgan fingerprint density at radius 2 is 1.96 bits per heavy atom. The van der Waals surface area contributed by atoms with Crippen LogP contribution in [0.4, 0.5) is 4.79 Å². The van der Waals surface area contributed by atoms with Crippen LogP contribution in [0.2, 0.25) is 0 Å². The van der Waals surface area contributed by atoms with Crippen LogP contribution in [0.15, 0.2) is 12.2 Å². The third-order valence-corrected chi connectivity index (χ3v) is 5.80. The molecule has 1 fully saturated rings. The first-order valence-corrected chi connectivity index (χ1v) is 9.92. The summed E-state index contributed by atoms with van der Waals surface area (Å²) >= 11 is 0. The molecule has 0 saturated carbocycles. The summed E-state index contributed by atoms with van der Waals surface area (Å²) in [5.41, 5.74) is -0.308. The fourth-order valence-electron chi connectivity index (χ4n) is 3.74. The van der Waals surface area contributed by atoms with Crippen LogP contribution in [0, 0.1) is 5.41 Å². The molecule has 2 rings (SSSR count). The maximum absolute atomic E-state index is 12.9. The Kier molecular flexibility index (Phi) is 8.10. The zero-order valence-corrected chi connectivity index (χ0v) is 16.6. The number of rotatable bonds is 6. The number of carbonyl (C=O) groups excluding carboxylic acids is 2. The molecule has 2 aliphatic rings. The van der Waals surface area contributed by atoms with Gasteiger partial charge in [0, 0.05) is 45.1 Å². The average molecular weight is 366 g/mol. The number of piperazine rings is 1. The zero-order valence-electron chi connectivity index (χ0n) is 16.6. The second kappa shape index (κ2) is 10.1. The molecule has 1 saturated heterocycles. The van der Waals surface area contributed by atoms with Crippen LogP contribution in [0.3, 0.4) is 0 Å². The molecule has 6 nitrogen and oxygen atoms in total. The molecule has 0 bridgehead atoms. The minimum atomic E-state index is -0.416. The molecule has 0 aromatic rings. The summed E-state index contributed by atoms with van der Waals surface area (Å²) in [5.74, 6) is 0.362. The molecule has 1 N–H and O–H groups in total. The highest BCUT2D eigenvalue weighted by molar-refractivity contribution is 5.84. The number of allylic oxidation sites excluding steroid dienone is 1. The topological polar surface area (TPSA) is 61.9 Å². The monoisotopic (exact) mass is 365 g/mol. The van der Waals surface area contributed by atoms with Gasteiger partial charge >= 0.3 is 6.09 Å². The summed E-state index contributed by atoms with van der Waals surface area (Å²) < 4.78 is 5.36. The van der Waals surface area contributed by atoms with Crippen molar-refractivity contribution in [2.75, 3.05) is 46.8 Å². The van der Waals surface area contributed by atoms with Gasteiger partial charge in [-0.05, 0) is 51.8 Å². The van der Waals surface area contributed by atoms with Crippen molar-refractivity contribution in [2.45, 2.75) is 51.6 Å². The number of hydrogen-bond donors (Lipinski definition) is 1. The van der Waals surface area contributed by atoms with Gasteiger partial charge in [-0.3, -0.25) is 4.79 Å². The van der Waals surface area contributed by atoms with Gasteiger partial charge in [-0.2, -0.15) is 0 Å². The third kappa shape index (κ3) is 6.40. The lowest BCUT2D eigenvalue weighted by molar-refractivity contribution is -0.129. The molecule has 0 aromatic heterocycles. The molecule has 0 aromatic carbocycles. The van der Waals surface area contributed by atoms with E-state index in [1.54, 1.807) is 7.05 Å². The molecule has 0 unspecified atom stereocenters. The van der Waals surface area contributed by atoms with Gasteiger partial charge in [0.25, 0.3) is 0 Å². The van der Waals surface area contributed by atoms with Crippen LogP contribution in [-0.2, 0) is 9.53 Å². The molecule has 1 aliphatic carbocycles. The van der Waals surface area contributed by atoms with E-state index in [-0.39, 0.29) is 11.5 Å². The first kappa shape index (κ1) is 20.9. The molecular weight excluding hydrogens is 330 g/mol. The number of ketones is 1. The Balaban J connectivity index is 1.79. The van der Waals surface area contributed by atoms with E-state index >= 15 is 0 Å². The predicted molar refractivity (Wildman–Crippen MR) is 103 cm³/mol. The van der Waals surface area contributed by atoms with E-state index in [0.29, 0.717) is 18.6 Å². The van der Waals surface area contributed by atoms with Crippen molar-refractivity contribution >= 4 is 11.9 Å². The number of carbonyl (C=O) groups is 2. The summed E-state index contributed by atoms with van der Waals surface area (Å²) in [4.78, 5) is 29.1. The Bertz CT molecular complexity index is 501. The van der Waals surface area contributed by atoms with E-state index in [0.717, 1.165) is 58.4 Å². The number of nitrogens with one attached hydrogen (secondary N) is 1. The Morgan fingerprint density at radius 1 is 1.23 bits per heavy atom. The lowest BCUT2D eigenvalue weighted by Gasteiger charge is -2.33. The zero-order chi connectivity index (χ0) is 19.0. The van der Waals surface area contributed by atoms with Crippen molar-refractivity contribution in [3.05, 3.63) is 12.2 Å². The second-order valence-electron chi connectivity index (χ2n) is 7.93. The van der Waals surface area contributed by atoms with Gasteiger partial charge in [-0.15, -0.1) is 0 Å². The fraction of sp³-hybridized carbons (Fsp3) is 0.800. The van der Waals surface area contributed by atoms with E-state index in [4.69, 9.17) is 4.74 Å². The van der Waals surface area contributed by atoms with E-state index in [1.165, 1.54) is 0 Å². The van der Waals surface area contributed by atoms with Crippen LogP contribution in [-0.4, -0.2) is 74.6 Å². The van der Waals surface area contributed by atoms with Crippen LogP contribution in [0.5, 0.6) is 0 Å². The van der Waals surface area contributed by atoms with E-state index in [9.17, 15) is 9.59 Å². The van der Waals surface area contributed by atoms with Crippen molar-refractivity contribution in [2.24, 2.45) is 5.41 Å². The van der Waals surface area contributed by atoms with Gasteiger partial charge in [0.05, 0.1) is 0 Å². The Hall–Kier alpha value is -1.40. The van der Waals surface area contributed by atoms with Crippen molar-refractivity contribution in [1.82, 2.24) is 15.1 Å². The number of nitrogens with zero attached hydrogens (tertiary/aromatic N) is 2. The molecule has 0 spiro atoms. The summed E-state index contributed by atoms with van der Waals surface area (Å²) in [7, 11) is 3.72. The number of hydrogen-bond acceptors (Lipinski definition) is 5. The Labute approximate surface area is 157 Å². The molecule has 0 radical (unpaired) electrons. The van der Waals surface area contributed by atoms with Gasteiger partial charge in [0.1, 0.15) is 11.9 Å². The van der Waals surface area contributed by atoms with E-state index in [1.807, 2.05) is 12.2 Å². The predicted octanol–water partition coefficient (Wildman–Crippen LogP) is 2.44. The highest BCUT2D eigenvalue weighted by Crippen LogP contribution is 2.35. The maximum Gasteiger partial charge on any atom is 0.407 e. The van der Waals surface area contributed by atoms with Crippen molar-refractivity contribution in [3.63, 3.8) is 0 Å². The summed E-state index contributed by atoms with van der Waals surface area (Å²) in [6, 6.07) is 0. The van der Waals surface area contributed by atoms with Crippen molar-refractivity contribution < 1.29 is 14.3 Å². The molecule has 1 heterocycles. The van der Waals surface area contributed by atoms with E-state index in [2.05, 4.69) is 29.1 Å². The first-order chi connectivity index (χ1) is 12.4. The highest BCUT2D eigenvalue weighted by atomic mass is 16.6. The lowest BCUT2D eigenvalue weighted by Crippen LogP contribution is -2.44. The van der Waals surface area contributed by atoms with E-state index < -0.39 is 6.09 Å². The standard InChI is InChI=1S/C20H35N3O3/c1-20(10-5-4-7-17(9-11-20)26-19(25)21-2)18(24)8-6-12-23-15-13-22(3)14-16-23/h4,7,17H,5-6,8-16H2,1-3H3,(H,21,25)/b7-4+/t17-,20+/m1/s1. The number of amides is 1. The van der Waals surface area contributed by atoms with Gasteiger partial charge in [-0.1, -0.05) is 13.0 Å². The highest BCUT2D eigenvalue weighted by Gasteiger charge is 2.33. The van der Waals surface area contributed by atoms with Gasteiger partial charge in [0.2, 0.25) is 0 Å². The first-order valence-electron chi connectivity index (χ1n) is 9.92. The summed E-state index contributed by atoms with van der Waals surface area (Å²) in [6.45, 7) is 7.53. The van der Waals surface area contributed by atoms with Crippen LogP contribution >= 0.6 is 0 Å². The average Bonchev–Trinajstić information content (AvgIpc) is 2.62. The molecule has 6 heteroatoms. The molecule has 2 atom stereocenters. The van der Waals surface area contributed by atoms with Crippen LogP contribution in [0.25, 0.3) is 0 Å².